The van der Waals surface area contributed by atoms with Crippen LogP contribution in [-0.2, 0) is 13.0 Å². The molecule has 0 aromatic carbocycles. The standard InChI is InChI=1S/C7H11BrN2S/c1-3-5-6(4-9-2)11-7(8)10-5/h9H,3-4H2,1-2H3. The molecule has 0 spiro atoms. The minimum atomic E-state index is 0.923. The molecule has 4 heteroatoms. The Labute approximate surface area is 79.2 Å². The molecule has 0 aliphatic carbocycles. The molecule has 0 saturated carbocycles. The Bertz CT molecular complexity index is 234. The zero-order valence-electron chi connectivity index (χ0n) is 6.65. The fraction of sp³-hybridized carbons (Fsp3) is 0.571. The van der Waals surface area contributed by atoms with Gasteiger partial charge in [0.25, 0.3) is 0 Å². The van der Waals surface area contributed by atoms with E-state index in [0.29, 0.717) is 0 Å². The fourth-order valence-electron chi connectivity index (χ4n) is 0.927. The van der Waals surface area contributed by atoms with Crippen molar-refractivity contribution in [2.24, 2.45) is 0 Å². The molecule has 0 atom stereocenters. The van der Waals surface area contributed by atoms with E-state index >= 15 is 0 Å². The number of nitrogens with zero attached hydrogens (tertiary/aromatic N) is 1. The van der Waals surface area contributed by atoms with Gasteiger partial charge >= 0.3 is 0 Å². The van der Waals surface area contributed by atoms with Crippen molar-refractivity contribution in [2.45, 2.75) is 19.9 Å². The molecule has 0 bridgehead atoms. The molecule has 0 amide bonds. The van der Waals surface area contributed by atoms with Crippen molar-refractivity contribution in [3.63, 3.8) is 0 Å². The zero-order valence-corrected chi connectivity index (χ0v) is 9.05. The maximum atomic E-state index is 4.34. The van der Waals surface area contributed by atoms with Gasteiger partial charge in [0.1, 0.15) is 0 Å². The van der Waals surface area contributed by atoms with Crippen LogP contribution < -0.4 is 5.32 Å². The Balaban J connectivity index is 2.83. The number of hydrogen-bond acceptors (Lipinski definition) is 3. The number of nitrogens with one attached hydrogen (secondary N) is 1. The van der Waals surface area contributed by atoms with E-state index in [1.165, 1.54) is 10.6 Å². The summed E-state index contributed by atoms with van der Waals surface area (Å²) in [5.41, 5.74) is 1.20. The van der Waals surface area contributed by atoms with Crippen LogP contribution in [0.1, 0.15) is 17.5 Å². The van der Waals surface area contributed by atoms with Gasteiger partial charge in [-0.05, 0) is 29.4 Å². The molecule has 1 N–H and O–H groups in total. The van der Waals surface area contributed by atoms with Crippen molar-refractivity contribution in [3.05, 3.63) is 14.5 Å². The monoisotopic (exact) mass is 234 g/mol. The minimum Gasteiger partial charge on any atom is -0.315 e. The molecule has 1 aromatic rings. The van der Waals surface area contributed by atoms with Crippen molar-refractivity contribution in [1.29, 1.82) is 0 Å². The predicted molar refractivity (Wildman–Crippen MR) is 52.0 cm³/mol. The SMILES string of the molecule is CCc1nc(Br)sc1CNC. The summed E-state index contributed by atoms with van der Waals surface area (Å²) in [6.07, 6.45) is 1.01. The summed E-state index contributed by atoms with van der Waals surface area (Å²) in [6.45, 7) is 3.05. The molecule has 2 nitrogen and oxygen atoms in total. The summed E-state index contributed by atoms with van der Waals surface area (Å²) >= 11 is 5.08. The highest BCUT2D eigenvalue weighted by atomic mass is 79.9. The van der Waals surface area contributed by atoms with E-state index in [1.807, 2.05) is 7.05 Å². The molecule has 1 heterocycles. The van der Waals surface area contributed by atoms with E-state index in [1.54, 1.807) is 11.3 Å². The van der Waals surface area contributed by atoms with Gasteiger partial charge in [-0.3, -0.25) is 0 Å². The lowest BCUT2D eigenvalue weighted by molar-refractivity contribution is 0.814. The Morgan fingerprint density at radius 3 is 2.91 bits per heavy atom. The molecular formula is C7H11BrN2S. The van der Waals surface area contributed by atoms with E-state index in [2.05, 4.69) is 33.2 Å². The molecule has 0 aliphatic heterocycles. The lowest BCUT2D eigenvalue weighted by Crippen LogP contribution is -2.05. The largest absolute Gasteiger partial charge is 0.315 e. The first-order valence-corrected chi connectivity index (χ1v) is 5.17. The summed E-state index contributed by atoms with van der Waals surface area (Å²) in [5.74, 6) is 0. The normalized spacial score (nSPS) is 10.5. The molecule has 0 unspecified atom stereocenters. The number of rotatable bonds is 3. The van der Waals surface area contributed by atoms with Crippen LogP contribution in [0.5, 0.6) is 0 Å². The average molecular weight is 235 g/mol. The predicted octanol–water partition coefficient (Wildman–Crippen LogP) is 2.19. The third kappa shape index (κ3) is 2.25. The molecular weight excluding hydrogens is 224 g/mol. The first kappa shape index (κ1) is 9.16. The summed E-state index contributed by atoms with van der Waals surface area (Å²) in [4.78, 5) is 5.68. The number of aryl methyl sites for hydroxylation is 1. The van der Waals surface area contributed by atoms with Gasteiger partial charge in [-0.15, -0.1) is 11.3 Å². The first-order chi connectivity index (χ1) is 5.27. The van der Waals surface area contributed by atoms with E-state index < -0.39 is 0 Å². The van der Waals surface area contributed by atoms with Crippen LogP contribution in [0.15, 0.2) is 3.92 Å². The van der Waals surface area contributed by atoms with Gasteiger partial charge < -0.3 is 5.32 Å². The fourth-order valence-corrected chi connectivity index (χ4v) is 2.61. The minimum absolute atomic E-state index is 0.923. The summed E-state index contributed by atoms with van der Waals surface area (Å²) < 4.78 is 0.986. The zero-order chi connectivity index (χ0) is 8.27. The van der Waals surface area contributed by atoms with E-state index in [9.17, 15) is 0 Å². The van der Waals surface area contributed by atoms with Crippen LogP contribution in [-0.4, -0.2) is 12.0 Å². The van der Waals surface area contributed by atoms with Gasteiger partial charge in [0.15, 0.2) is 3.92 Å². The van der Waals surface area contributed by atoms with Crippen LogP contribution in [0.25, 0.3) is 0 Å². The molecule has 0 radical (unpaired) electrons. The highest BCUT2D eigenvalue weighted by molar-refractivity contribution is 9.11. The molecule has 1 rings (SSSR count). The molecule has 11 heavy (non-hydrogen) atoms. The number of hydrogen-bond donors (Lipinski definition) is 1. The molecule has 1 aromatic heterocycles. The number of halogens is 1. The Morgan fingerprint density at radius 2 is 2.36 bits per heavy atom. The van der Waals surface area contributed by atoms with Gasteiger partial charge in [0.2, 0.25) is 0 Å². The van der Waals surface area contributed by atoms with E-state index in [-0.39, 0.29) is 0 Å². The Hall–Kier alpha value is 0.0700. The van der Waals surface area contributed by atoms with Crippen molar-refractivity contribution in [2.75, 3.05) is 7.05 Å². The van der Waals surface area contributed by atoms with Gasteiger partial charge in [-0.2, -0.15) is 0 Å². The number of thiazole rings is 1. The summed E-state index contributed by atoms with van der Waals surface area (Å²) in [5, 5.41) is 3.12. The molecule has 0 saturated heterocycles. The van der Waals surface area contributed by atoms with Crippen LogP contribution >= 0.6 is 27.3 Å². The van der Waals surface area contributed by atoms with Crippen molar-refractivity contribution in [1.82, 2.24) is 10.3 Å². The second-order valence-electron chi connectivity index (χ2n) is 2.22. The van der Waals surface area contributed by atoms with Crippen molar-refractivity contribution >= 4 is 27.3 Å². The van der Waals surface area contributed by atoms with Crippen LogP contribution in [0.2, 0.25) is 0 Å². The maximum Gasteiger partial charge on any atom is 0.159 e. The lowest BCUT2D eigenvalue weighted by Gasteiger charge is -1.95. The lowest BCUT2D eigenvalue weighted by atomic mass is 10.3. The van der Waals surface area contributed by atoms with Crippen LogP contribution in [0.3, 0.4) is 0 Å². The first-order valence-electron chi connectivity index (χ1n) is 3.56. The smallest absolute Gasteiger partial charge is 0.159 e. The molecule has 62 valence electrons. The van der Waals surface area contributed by atoms with Gasteiger partial charge in [-0.1, -0.05) is 6.92 Å². The Morgan fingerprint density at radius 1 is 1.64 bits per heavy atom. The second kappa shape index (κ2) is 4.18. The highest BCUT2D eigenvalue weighted by Crippen LogP contribution is 2.23. The quantitative estimate of drug-likeness (QED) is 0.868. The van der Waals surface area contributed by atoms with Crippen LogP contribution in [0, 0.1) is 0 Å². The summed E-state index contributed by atoms with van der Waals surface area (Å²) in [6, 6.07) is 0. The van der Waals surface area contributed by atoms with Gasteiger partial charge in [-0.25, -0.2) is 4.98 Å². The molecule has 0 aliphatic rings. The third-order valence-corrected chi connectivity index (χ3v) is 2.97. The maximum absolute atomic E-state index is 4.34. The van der Waals surface area contributed by atoms with Crippen LogP contribution in [0.4, 0.5) is 0 Å². The van der Waals surface area contributed by atoms with E-state index in [4.69, 9.17) is 0 Å². The molecule has 0 fully saturated rings. The third-order valence-electron chi connectivity index (χ3n) is 1.42. The number of aromatic nitrogens is 1. The topological polar surface area (TPSA) is 24.9 Å². The Kier molecular flexibility index (Phi) is 3.48. The highest BCUT2D eigenvalue weighted by Gasteiger charge is 2.05. The van der Waals surface area contributed by atoms with Crippen molar-refractivity contribution < 1.29 is 0 Å². The average Bonchev–Trinajstić information content (AvgIpc) is 2.32. The van der Waals surface area contributed by atoms with E-state index in [0.717, 1.165) is 16.9 Å². The second-order valence-corrected chi connectivity index (χ2v) is 4.58. The van der Waals surface area contributed by atoms with Gasteiger partial charge in [0.05, 0.1) is 5.69 Å². The summed E-state index contributed by atoms with van der Waals surface area (Å²) in [7, 11) is 1.95. The van der Waals surface area contributed by atoms with Crippen molar-refractivity contribution in [3.8, 4) is 0 Å². The van der Waals surface area contributed by atoms with Gasteiger partial charge in [0, 0.05) is 11.4 Å².